The summed E-state index contributed by atoms with van der Waals surface area (Å²) < 4.78 is 1.80. The summed E-state index contributed by atoms with van der Waals surface area (Å²) in [5.74, 6) is 0.519. The Kier molecular flexibility index (Phi) is 3.43. The van der Waals surface area contributed by atoms with Crippen LogP contribution in [-0.2, 0) is 0 Å². The number of aromatic nitrogens is 2. The van der Waals surface area contributed by atoms with Crippen LogP contribution in [0.3, 0.4) is 0 Å². The van der Waals surface area contributed by atoms with Gasteiger partial charge in [-0.2, -0.15) is 0 Å². The number of rotatable bonds is 5. The average molecular weight is 250 g/mol. The lowest BCUT2D eigenvalue weighted by Crippen LogP contribution is -2.40. The molecule has 1 aliphatic carbocycles. The van der Waals surface area contributed by atoms with Gasteiger partial charge < -0.3 is 15.2 Å². The van der Waals surface area contributed by atoms with Crippen LogP contribution in [0.15, 0.2) is 17.2 Å². The van der Waals surface area contributed by atoms with E-state index in [4.69, 9.17) is 5.73 Å². The zero-order valence-electron chi connectivity index (χ0n) is 11.4. The van der Waals surface area contributed by atoms with E-state index in [0.29, 0.717) is 18.4 Å². The van der Waals surface area contributed by atoms with E-state index in [-0.39, 0.29) is 11.0 Å². The fourth-order valence-corrected chi connectivity index (χ4v) is 2.10. The third-order valence-corrected chi connectivity index (χ3v) is 3.37. The van der Waals surface area contributed by atoms with Gasteiger partial charge in [0, 0.05) is 32.0 Å². The summed E-state index contributed by atoms with van der Waals surface area (Å²) in [5, 5.41) is 0. The van der Waals surface area contributed by atoms with Gasteiger partial charge in [0.15, 0.2) is 5.82 Å². The third kappa shape index (κ3) is 2.72. The lowest BCUT2D eigenvalue weighted by molar-refractivity contribution is 0.383. The van der Waals surface area contributed by atoms with Crippen molar-refractivity contribution < 1.29 is 0 Å². The van der Waals surface area contributed by atoms with Crippen molar-refractivity contribution >= 4 is 5.82 Å². The Balaban J connectivity index is 2.22. The normalized spacial score (nSPS) is 15.8. The highest BCUT2D eigenvalue weighted by Crippen LogP contribution is 2.33. The van der Waals surface area contributed by atoms with E-state index in [9.17, 15) is 4.79 Å². The molecule has 1 aromatic heterocycles. The first-order valence-electron chi connectivity index (χ1n) is 6.43. The van der Waals surface area contributed by atoms with Crippen LogP contribution in [0.2, 0.25) is 0 Å². The predicted molar refractivity (Wildman–Crippen MR) is 72.9 cm³/mol. The number of nitrogens with two attached hydrogens (primary N) is 1. The van der Waals surface area contributed by atoms with Crippen molar-refractivity contribution in [1.82, 2.24) is 9.55 Å². The van der Waals surface area contributed by atoms with Crippen molar-refractivity contribution in [3.8, 4) is 0 Å². The predicted octanol–water partition coefficient (Wildman–Crippen LogP) is 0.999. The summed E-state index contributed by atoms with van der Waals surface area (Å²) in [5.41, 5.74) is 5.71. The molecule has 1 aromatic rings. The van der Waals surface area contributed by atoms with Crippen molar-refractivity contribution in [3.05, 3.63) is 22.7 Å². The smallest absolute Gasteiger partial charge is 0.293 e. The van der Waals surface area contributed by atoms with Gasteiger partial charge >= 0.3 is 0 Å². The van der Waals surface area contributed by atoms with Crippen LogP contribution < -0.4 is 16.2 Å². The molecule has 1 aliphatic rings. The van der Waals surface area contributed by atoms with Crippen LogP contribution >= 0.6 is 0 Å². The van der Waals surface area contributed by atoms with Gasteiger partial charge in [0.1, 0.15) is 0 Å². The van der Waals surface area contributed by atoms with E-state index in [1.165, 1.54) is 0 Å². The average Bonchev–Trinajstić information content (AvgIpc) is 3.12. The third-order valence-electron chi connectivity index (χ3n) is 3.37. The van der Waals surface area contributed by atoms with E-state index in [0.717, 1.165) is 19.4 Å². The first-order chi connectivity index (χ1) is 8.44. The highest BCUT2D eigenvalue weighted by Gasteiger charge is 2.27. The second kappa shape index (κ2) is 4.72. The van der Waals surface area contributed by atoms with Gasteiger partial charge in [0.25, 0.3) is 5.56 Å². The number of hydrogen-bond donors (Lipinski definition) is 1. The fourth-order valence-electron chi connectivity index (χ4n) is 2.10. The maximum Gasteiger partial charge on any atom is 0.293 e. The van der Waals surface area contributed by atoms with Crippen molar-refractivity contribution in [3.63, 3.8) is 0 Å². The van der Waals surface area contributed by atoms with Crippen LogP contribution in [0.4, 0.5) is 5.82 Å². The van der Waals surface area contributed by atoms with E-state index in [1.54, 1.807) is 17.0 Å². The van der Waals surface area contributed by atoms with Gasteiger partial charge in [-0.05, 0) is 24.8 Å². The van der Waals surface area contributed by atoms with Gasteiger partial charge in [-0.25, -0.2) is 4.98 Å². The molecule has 0 saturated heterocycles. The molecule has 2 N–H and O–H groups in total. The van der Waals surface area contributed by atoms with Crippen molar-refractivity contribution in [2.24, 2.45) is 11.1 Å². The molecule has 0 unspecified atom stereocenters. The van der Waals surface area contributed by atoms with Crippen molar-refractivity contribution in [2.45, 2.75) is 32.7 Å². The molecule has 2 rings (SSSR count). The Labute approximate surface area is 108 Å². The standard InChI is InChI=1S/C13H22N4O/c1-13(2,8-14)9-16(3)11-12(18)17(7-6-15-11)10-4-5-10/h6-7,10H,4-5,8-9,14H2,1-3H3. The molecule has 0 aliphatic heterocycles. The molecule has 0 radical (unpaired) electrons. The maximum atomic E-state index is 12.3. The minimum atomic E-state index is -0.0247. The molecule has 5 heteroatoms. The summed E-state index contributed by atoms with van der Waals surface area (Å²) in [6, 6.07) is 0.384. The summed E-state index contributed by atoms with van der Waals surface area (Å²) in [7, 11) is 1.90. The molecule has 0 spiro atoms. The lowest BCUT2D eigenvalue weighted by atomic mass is 9.93. The Bertz CT molecular complexity index is 476. The molecule has 0 amide bonds. The van der Waals surface area contributed by atoms with Gasteiger partial charge in [0.05, 0.1) is 0 Å². The Hall–Kier alpha value is -1.36. The molecule has 18 heavy (non-hydrogen) atoms. The Morgan fingerprint density at radius 2 is 2.22 bits per heavy atom. The molecule has 5 nitrogen and oxygen atoms in total. The number of hydrogen-bond acceptors (Lipinski definition) is 4. The quantitative estimate of drug-likeness (QED) is 0.846. The molecule has 0 aromatic carbocycles. The molecule has 0 bridgehead atoms. The monoisotopic (exact) mass is 250 g/mol. The Morgan fingerprint density at radius 1 is 1.56 bits per heavy atom. The maximum absolute atomic E-state index is 12.3. The lowest BCUT2D eigenvalue weighted by Gasteiger charge is -2.29. The summed E-state index contributed by atoms with van der Waals surface area (Å²) in [6.07, 6.45) is 5.69. The van der Waals surface area contributed by atoms with E-state index in [1.807, 2.05) is 11.9 Å². The largest absolute Gasteiger partial charge is 0.355 e. The molecule has 1 fully saturated rings. The first-order valence-corrected chi connectivity index (χ1v) is 6.43. The summed E-state index contributed by atoms with van der Waals surface area (Å²) in [4.78, 5) is 18.4. The van der Waals surface area contributed by atoms with Gasteiger partial charge in [0.2, 0.25) is 0 Å². The van der Waals surface area contributed by atoms with Crippen LogP contribution in [0.1, 0.15) is 32.7 Å². The van der Waals surface area contributed by atoms with Crippen LogP contribution in [0.5, 0.6) is 0 Å². The summed E-state index contributed by atoms with van der Waals surface area (Å²) >= 11 is 0. The topological polar surface area (TPSA) is 64.2 Å². The van der Waals surface area contributed by atoms with Crippen LogP contribution in [0.25, 0.3) is 0 Å². The SMILES string of the molecule is CN(CC(C)(C)CN)c1nccn(C2CC2)c1=O. The van der Waals surface area contributed by atoms with Crippen LogP contribution in [-0.4, -0.2) is 29.7 Å². The number of anilines is 1. The number of nitrogens with zero attached hydrogens (tertiary/aromatic N) is 3. The molecule has 0 atom stereocenters. The van der Waals surface area contributed by atoms with E-state index >= 15 is 0 Å². The molecular formula is C13H22N4O. The summed E-state index contributed by atoms with van der Waals surface area (Å²) in [6.45, 7) is 5.49. The molecule has 1 heterocycles. The highest BCUT2D eigenvalue weighted by molar-refractivity contribution is 5.35. The highest BCUT2D eigenvalue weighted by atomic mass is 16.1. The first kappa shape index (κ1) is 13.1. The van der Waals surface area contributed by atoms with Crippen LogP contribution in [0, 0.1) is 5.41 Å². The Morgan fingerprint density at radius 3 is 2.78 bits per heavy atom. The second-order valence-electron chi connectivity index (χ2n) is 5.92. The van der Waals surface area contributed by atoms with E-state index in [2.05, 4.69) is 18.8 Å². The minimum Gasteiger partial charge on any atom is -0.355 e. The van der Waals surface area contributed by atoms with Gasteiger partial charge in [-0.3, -0.25) is 4.79 Å². The van der Waals surface area contributed by atoms with Crippen molar-refractivity contribution in [1.29, 1.82) is 0 Å². The minimum absolute atomic E-state index is 0.00956. The van der Waals surface area contributed by atoms with Gasteiger partial charge in [-0.1, -0.05) is 13.8 Å². The molecule has 100 valence electrons. The fraction of sp³-hybridized carbons (Fsp3) is 0.692. The van der Waals surface area contributed by atoms with E-state index < -0.39 is 0 Å². The zero-order chi connectivity index (χ0) is 13.3. The zero-order valence-corrected chi connectivity index (χ0v) is 11.4. The van der Waals surface area contributed by atoms with Crippen molar-refractivity contribution in [2.75, 3.05) is 25.0 Å². The molecule has 1 saturated carbocycles. The second-order valence-corrected chi connectivity index (χ2v) is 5.92. The molecular weight excluding hydrogens is 228 g/mol. The van der Waals surface area contributed by atoms with Gasteiger partial charge in [-0.15, -0.1) is 0 Å².